The number of carbonyl (C=O) groups is 1. The summed E-state index contributed by atoms with van der Waals surface area (Å²) in [4.78, 5) is 20.6. The first-order valence-corrected chi connectivity index (χ1v) is 10.4. The smallest absolute Gasteiger partial charge is 0.251 e. The zero-order valence-corrected chi connectivity index (χ0v) is 18.5. The molecule has 29 heavy (non-hydrogen) atoms. The van der Waals surface area contributed by atoms with E-state index in [-0.39, 0.29) is 30.7 Å². The second kappa shape index (κ2) is 11.5. The number of amides is 1. The van der Waals surface area contributed by atoms with Gasteiger partial charge < -0.3 is 15.6 Å². The van der Waals surface area contributed by atoms with Gasteiger partial charge in [0, 0.05) is 17.9 Å². The normalized spacial score (nSPS) is 15.9. The first-order valence-electron chi connectivity index (χ1n) is 9.44. The van der Waals surface area contributed by atoms with Gasteiger partial charge in [0.25, 0.3) is 5.91 Å². The Bertz CT molecular complexity index is 895. The van der Waals surface area contributed by atoms with Crippen LogP contribution in [0.1, 0.15) is 28.8 Å². The third kappa shape index (κ3) is 6.12. The molecule has 1 aliphatic rings. The summed E-state index contributed by atoms with van der Waals surface area (Å²) in [6.07, 6.45) is 2.36. The highest BCUT2D eigenvalue weighted by Crippen LogP contribution is 2.24. The first kappa shape index (κ1) is 23.5. The summed E-state index contributed by atoms with van der Waals surface area (Å²) in [6.45, 7) is 2.81. The summed E-state index contributed by atoms with van der Waals surface area (Å²) in [5, 5.41) is 7.39. The molecular weight excluding hydrogens is 427 g/mol. The van der Waals surface area contributed by atoms with Crippen molar-refractivity contribution in [2.24, 2.45) is 5.92 Å². The van der Waals surface area contributed by atoms with Crippen LogP contribution < -0.4 is 10.6 Å². The molecule has 1 amide bonds. The van der Waals surface area contributed by atoms with E-state index in [1.54, 1.807) is 11.8 Å². The number of para-hydroxylation sites is 2. The molecule has 3 aromatic rings. The van der Waals surface area contributed by atoms with E-state index in [1.165, 1.54) is 12.8 Å². The molecule has 8 heteroatoms. The molecule has 2 aromatic carbocycles. The van der Waals surface area contributed by atoms with Gasteiger partial charge in [0.2, 0.25) is 0 Å². The number of imidazole rings is 1. The fourth-order valence-electron chi connectivity index (χ4n) is 3.44. The van der Waals surface area contributed by atoms with Gasteiger partial charge in [0.05, 0.1) is 11.0 Å². The van der Waals surface area contributed by atoms with Gasteiger partial charge in [-0.2, -0.15) is 0 Å². The van der Waals surface area contributed by atoms with Gasteiger partial charge in [-0.25, -0.2) is 4.98 Å². The van der Waals surface area contributed by atoms with Crippen molar-refractivity contribution in [2.75, 3.05) is 19.6 Å². The third-order valence-electron chi connectivity index (χ3n) is 4.94. The Morgan fingerprint density at radius 2 is 1.93 bits per heavy atom. The van der Waals surface area contributed by atoms with Crippen molar-refractivity contribution in [3.05, 3.63) is 59.7 Å². The SMILES string of the molecule is Cl.Cl.O=C(NCC1CCCNC1)c1ccccc1CSc1nc2ccccc2[nH]1. The van der Waals surface area contributed by atoms with E-state index >= 15 is 0 Å². The van der Waals surface area contributed by atoms with Crippen LogP contribution in [0.25, 0.3) is 11.0 Å². The van der Waals surface area contributed by atoms with Gasteiger partial charge in [0.1, 0.15) is 0 Å². The molecule has 1 fully saturated rings. The Labute approximate surface area is 187 Å². The standard InChI is InChI=1S/C21H24N4OS.2ClH/c26-20(23-13-15-6-5-11-22-12-15)17-8-2-1-7-16(17)14-27-21-24-18-9-3-4-10-19(18)25-21;;/h1-4,7-10,15,22H,5-6,11-14H2,(H,23,26)(H,24,25);2*1H. The second-order valence-corrected chi connectivity index (χ2v) is 7.89. The Balaban J connectivity index is 0.00000150. The molecule has 0 radical (unpaired) electrons. The van der Waals surface area contributed by atoms with E-state index < -0.39 is 0 Å². The number of aromatic amines is 1. The Morgan fingerprint density at radius 1 is 1.14 bits per heavy atom. The number of halogens is 2. The lowest BCUT2D eigenvalue weighted by atomic mass is 9.99. The minimum Gasteiger partial charge on any atom is -0.352 e. The summed E-state index contributed by atoms with van der Waals surface area (Å²) in [5.41, 5.74) is 3.78. The lowest BCUT2D eigenvalue weighted by Gasteiger charge is -2.23. The number of thioether (sulfide) groups is 1. The molecule has 1 aliphatic heterocycles. The molecule has 1 unspecified atom stereocenters. The second-order valence-electron chi connectivity index (χ2n) is 6.93. The molecule has 0 bridgehead atoms. The quantitative estimate of drug-likeness (QED) is 0.483. The Kier molecular flexibility index (Phi) is 9.30. The van der Waals surface area contributed by atoms with Gasteiger partial charge in [-0.15, -0.1) is 24.8 Å². The maximum atomic E-state index is 12.7. The van der Waals surface area contributed by atoms with Crippen molar-refractivity contribution in [2.45, 2.75) is 23.8 Å². The Hall–Kier alpha value is -1.73. The highest BCUT2D eigenvalue weighted by atomic mass is 35.5. The van der Waals surface area contributed by atoms with Crippen molar-refractivity contribution in [1.29, 1.82) is 0 Å². The summed E-state index contributed by atoms with van der Waals surface area (Å²) in [7, 11) is 0. The van der Waals surface area contributed by atoms with E-state index in [2.05, 4.69) is 20.6 Å². The zero-order valence-electron chi connectivity index (χ0n) is 16.0. The van der Waals surface area contributed by atoms with Crippen molar-refractivity contribution < 1.29 is 4.79 Å². The highest BCUT2D eigenvalue weighted by Gasteiger charge is 2.16. The summed E-state index contributed by atoms with van der Waals surface area (Å²) in [6, 6.07) is 15.8. The van der Waals surface area contributed by atoms with Crippen molar-refractivity contribution in [1.82, 2.24) is 20.6 Å². The zero-order chi connectivity index (χ0) is 18.5. The average molecular weight is 453 g/mol. The number of nitrogens with one attached hydrogen (secondary N) is 3. The fraction of sp³-hybridized carbons (Fsp3) is 0.333. The van der Waals surface area contributed by atoms with Crippen molar-refractivity contribution in [3.8, 4) is 0 Å². The largest absolute Gasteiger partial charge is 0.352 e. The van der Waals surface area contributed by atoms with Gasteiger partial charge in [-0.3, -0.25) is 4.79 Å². The minimum absolute atomic E-state index is 0. The van der Waals surface area contributed by atoms with E-state index in [0.717, 1.165) is 47.0 Å². The highest BCUT2D eigenvalue weighted by molar-refractivity contribution is 7.98. The van der Waals surface area contributed by atoms with E-state index in [4.69, 9.17) is 0 Å². The van der Waals surface area contributed by atoms with Crippen LogP contribution >= 0.6 is 36.6 Å². The van der Waals surface area contributed by atoms with Gasteiger partial charge in [0.15, 0.2) is 5.16 Å². The predicted octanol–water partition coefficient (Wildman–Crippen LogP) is 4.43. The van der Waals surface area contributed by atoms with Crippen LogP contribution in [0.2, 0.25) is 0 Å². The molecular formula is C21H26Cl2N4OS. The van der Waals surface area contributed by atoms with E-state index in [9.17, 15) is 4.79 Å². The van der Waals surface area contributed by atoms with Crippen LogP contribution in [0.4, 0.5) is 0 Å². The molecule has 3 N–H and O–H groups in total. The fourth-order valence-corrected chi connectivity index (χ4v) is 4.33. The monoisotopic (exact) mass is 452 g/mol. The molecule has 1 saturated heterocycles. The molecule has 0 aliphatic carbocycles. The molecule has 2 heterocycles. The maximum Gasteiger partial charge on any atom is 0.251 e. The molecule has 0 saturated carbocycles. The summed E-state index contributed by atoms with van der Waals surface area (Å²) in [5.74, 6) is 1.25. The lowest BCUT2D eigenvalue weighted by Crippen LogP contribution is -2.38. The molecule has 5 nitrogen and oxygen atoms in total. The number of rotatable bonds is 6. The molecule has 4 rings (SSSR count). The van der Waals surface area contributed by atoms with Crippen LogP contribution in [0, 0.1) is 5.92 Å². The van der Waals surface area contributed by atoms with Gasteiger partial charge in [-0.1, -0.05) is 42.1 Å². The number of nitrogens with zero attached hydrogens (tertiary/aromatic N) is 1. The summed E-state index contributed by atoms with van der Waals surface area (Å²) >= 11 is 1.62. The van der Waals surface area contributed by atoms with E-state index in [1.807, 2.05) is 48.5 Å². The topological polar surface area (TPSA) is 69.8 Å². The van der Waals surface area contributed by atoms with Crippen molar-refractivity contribution in [3.63, 3.8) is 0 Å². The number of hydrogen-bond donors (Lipinski definition) is 3. The molecule has 0 spiro atoms. The number of piperidine rings is 1. The Morgan fingerprint density at radius 3 is 2.72 bits per heavy atom. The van der Waals surface area contributed by atoms with Gasteiger partial charge >= 0.3 is 0 Å². The number of fused-ring (bicyclic) bond motifs is 1. The number of H-pyrrole nitrogens is 1. The molecule has 156 valence electrons. The van der Waals surface area contributed by atoms with Crippen LogP contribution in [0.3, 0.4) is 0 Å². The first-order chi connectivity index (χ1) is 13.3. The number of hydrogen-bond acceptors (Lipinski definition) is 4. The van der Waals surface area contributed by atoms with E-state index in [0.29, 0.717) is 11.7 Å². The maximum absolute atomic E-state index is 12.7. The van der Waals surface area contributed by atoms with Crippen LogP contribution in [0.15, 0.2) is 53.7 Å². The van der Waals surface area contributed by atoms with Crippen molar-refractivity contribution >= 4 is 53.5 Å². The van der Waals surface area contributed by atoms with Crippen LogP contribution in [-0.4, -0.2) is 35.5 Å². The molecule has 1 atom stereocenters. The number of carbonyl (C=O) groups excluding carboxylic acids is 1. The van der Waals surface area contributed by atoms with Crippen LogP contribution in [-0.2, 0) is 5.75 Å². The molecule has 1 aromatic heterocycles. The number of aromatic nitrogens is 2. The summed E-state index contributed by atoms with van der Waals surface area (Å²) < 4.78 is 0. The number of benzene rings is 2. The van der Waals surface area contributed by atoms with Crippen LogP contribution in [0.5, 0.6) is 0 Å². The lowest BCUT2D eigenvalue weighted by molar-refractivity contribution is 0.0944. The van der Waals surface area contributed by atoms with Gasteiger partial charge in [-0.05, 0) is 55.6 Å². The average Bonchev–Trinajstić information content (AvgIpc) is 3.14. The minimum atomic E-state index is 0. The predicted molar refractivity (Wildman–Crippen MR) is 125 cm³/mol. The third-order valence-corrected chi connectivity index (χ3v) is 5.87.